The number of benzene rings is 3. The molecule has 0 N–H and O–H groups in total. The fourth-order valence-corrected chi connectivity index (χ4v) is 3.29. The van der Waals surface area contributed by atoms with Crippen molar-refractivity contribution in [3.8, 4) is 5.95 Å². The zero-order valence-electron chi connectivity index (χ0n) is 14.2. The zero-order chi connectivity index (χ0) is 17.2. The van der Waals surface area contributed by atoms with Crippen LogP contribution in [0.15, 0.2) is 73.3 Å². The van der Waals surface area contributed by atoms with Gasteiger partial charge >= 0.3 is 0 Å². The maximum absolute atomic E-state index is 4.37. The van der Waals surface area contributed by atoms with E-state index in [-0.39, 0.29) is 0 Å². The largest absolute Gasteiger partial charge is 0.277 e. The van der Waals surface area contributed by atoms with Gasteiger partial charge in [0.25, 0.3) is 0 Å². The minimum atomic E-state index is 0.641. The van der Waals surface area contributed by atoms with E-state index in [2.05, 4.69) is 74.1 Å². The Balaban J connectivity index is 0.000000758. The van der Waals surface area contributed by atoms with Crippen molar-refractivity contribution in [1.29, 1.82) is 0 Å². The van der Waals surface area contributed by atoms with Crippen LogP contribution in [-0.4, -0.2) is 19.5 Å². The first kappa shape index (κ1) is 15.3. The van der Waals surface area contributed by atoms with Crippen LogP contribution in [0.25, 0.3) is 38.5 Å². The third-order valence-electron chi connectivity index (χ3n) is 4.24. The van der Waals surface area contributed by atoms with E-state index in [1.165, 1.54) is 34.2 Å². The lowest BCUT2D eigenvalue weighted by atomic mass is 10.1. The lowest BCUT2D eigenvalue weighted by Gasteiger charge is -2.07. The van der Waals surface area contributed by atoms with Crippen molar-refractivity contribution >= 4 is 32.6 Å². The fourth-order valence-electron chi connectivity index (χ4n) is 3.29. The standard InChI is InChI=1S/C19H12N4.C2H6/c1-2-6-14-13(5-1)9-10-16-15-7-3-4-8-17(15)23(18(14)16)19-21-11-20-12-22-19;1-2/h1-12H;1-2H3. The molecule has 0 unspecified atom stereocenters. The Hall–Kier alpha value is -3.27. The highest BCUT2D eigenvalue weighted by atomic mass is 15.2. The summed E-state index contributed by atoms with van der Waals surface area (Å²) in [4.78, 5) is 12.7. The summed E-state index contributed by atoms with van der Waals surface area (Å²) in [6, 6.07) is 21.1. The Bertz CT molecular complexity index is 1160. The van der Waals surface area contributed by atoms with E-state index in [0.717, 1.165) is 11.0 Å². The van der Waals surface area contributed by atoms with Crippen LogP contribution in [0.2, 0.25) is 0 Å². The molecule has 4 heteroatoms. The summed E-state index contributed by atoms with van der Waals surface area (Å²) in [7, 11) is 0. The molecule has 0 spiro atoms. The van der Waals surface area contributed by atoms with Gasteiger partial charge in [-0.2, -0.15) is 0 Å². The molecule has 5 aromatic rings. The van der Waals surface area contributed by atoms with Gasteiger partial charge in [0, 0.05) is 16.2 Å². The summed E-state index contributed by atoms with van der Waals surface area (Å²) in [5.41, 5.74) is 2.24. The molecular formula is C21H18N4. The molecule has 0 radical (unpaired) electrons. The molecule has 4 nitrogen and oxygen atoms in total. The monoisotopic (exact) mass is 326 g/mol. The van der Waals surface area contributed by atoms with E-state index in [1.807, 2.05) is 19.9 Å². The first-order valence-electron chi connectivity index (χ1n) is 8.47. The van der Waals surface area contributed by atoms with E-state index in [0.29, 0.717) is 5.95 Å². The molecular weight excluding hydrogens is 308 g/mol. The smallest absolute Gasteiger partial charge is 0.237 e. The van der Waals surface area contributed by atoms with Crippen LogP contribution in [-0.2, 0) is 0 Å². The van der Waals surface area contributed by atoms with Crippen LogP contribution in [0.5, 0.6) is 0 Å². The molecule has 2 aromatic heterocycles. The summed E-state index contributed by atoms with van der Waals surface area (Å²) >= 11 is 0. The molecule has 0 saturated heterocycles. The Morgan fingerprint density at radius 1 is 0.680 bits per heavy atom. The Labute approximate surface area is 145 Å². The molecule has 0 saturated carbocycles. The maximum Gasteiger partial charge on any atom is 0.237 e. The minimum absolute atomic E-state index is 0.641. The summed E-state index contributed by atoms with van der Waals surface area (Å²) in [6.45, 7) is 4.00. The van der Waals surface area contributed by atoms with Gasteiger partial charge in [-0.25, -0.2) is 15.0 Å². The van der Waals surface area contributed by atoms with Gasteiger partial charge in [0.1, 0.15) is 12.7 Å². The second-order valence-electron chi connectivity index (χ2n) is 5.47. The van der Waals surface area contributed by atoms with E-state index in [1.54, 1.807) is 0 Å². The molecule has 0 aliphatic heterocycles. The lowest BCUT2D eigenvalue weighted by molar-refractivity contribution is 0.941. The van der Waals surface area contributed by atoms with Crippen molar-refractivity contribution < 1.29 is 0 Å². The van der Waals surface area contributed by atoms with Crippen LogP contribution in [0, 0.1) is 0 Å². The first-order chi connectivity index (χ1) is 12.4. The number of aromatic nitrogens is 4. The lowest BCUT2D eigenvalue weighted by Crippen LogP contribution is -2.00. The van der Waals surface area contributed by atoms with E-state index in [4.69, 9.17) is 0 Å². The molecule has 0 atom stereocenters. The van der Waals surface area contributed by atoms with Gasteiger partial charge < -0.3 is 0 Å². The topological polar surface area (TPSA) is 43.6 Å². The third kappa shape index (κ3) is 2.34. The summed E-state index contributed by atoms with van der Waals surface area (Å²) in [6.07, 6.45) is 3.07. The van der Waals surface area contributed by atoms with Crippen LogP contribution >= 0.6 is 0 Å². The number of hydrogen-bond donors (Lipinski definition) is 0. The SMILES string of the molecule is CC.c1ccc2c(c1)ccc1c3ccccc3n(-c3ncncn3)c21. The highest BCUT2D eigenvalue weighted by Crippen LogP contribution is 2.35. The number of nitrogens with zero attached hydrogens (tertiary/aromatic N) is 4. The van der Waals surface area contributed by atoms with E-state index >= 15 is 0 Å². The molecule has 2 heterocycles. The van der Waals surface area contributed by atoms with Crippen LogP contribution < -0.4 is 0 Å². The van der Waals surface area contributed by atoms with Gasteiger partial charge in [0.2, 0.25) is 5.95 Å². The van der Waals surface area contributed by atoms with Crippen molar-refractivity contribution in [1.82, 2.24) is 19.5 Å². The van der Waals surface area contributed by atoms with E-state index in [9.17, 15) is 0 Å². The van der Waals surface area contributed by atoms with Gasteiger partial charge in [-0.1, -0.05) is 68.4 Å². The normalized spacial score (nSPS) is 10.8. The quantitative estimate of drug-likeness (QED) is 0.428. The molecule has 5 rings (SSSR count). The number of hydrogen-bond acceptors (Lipinski definition) is 3. The number of rotatable bonds is 1. The Kier molecular flexibility index (Phi) is 3.86. The van der Waals surface area contributed by atoms with Gasteiger partial charge in [0.15, 0.2) is 0 Å². The van der Waals surface area contributed by atoms with Crippen molar-refractivity contribution in [3.63, 3.8) is 0 Å². The third-order valence-corrected chi connectivity index (χ3v) is 4.24. The predicted molar refractivity (Wildman–Crippen MR) is 103 cm³/mol. The molecule has 0 bridgehead atoms. The summed E-state index contributed by atoms with van der Waals surface area (Å²) < 4.78 is 2.12. The fraction of sp³-hybridized carbons (Fsp3) is 0.0952. The summed E-state index contributed by atoms with van der Waals surface area (Å²) in [5.74, 6) is 0.641. The van der Waals surface area contributed by atoms with Gasteiger partial charge in [-0.05, 0) is 11.5 Å². The molecule has 0 aliphatic carbocycles. The summed E-state index contributed by atoms with van der Waals surface area (Å²) in [5, 5.41) is 4.81. The van der Waals surface area contributed by atoms with E-state index < -0.39 is 0 Å². The van der Waals surface area contributed by atoms with Gasteiger partial charge in [-0.3, -0.25) is 4.57 Å². The maximum atomic E-state index is 4.37. The van der Waals surface area contributed by atoms with Crippen LogP contribution in [0.3, 0.4) is 0 Å². The van der Waals surface area contributed by atoms with Crippen molar-refractivity contribution in [2.75, 3.05) is 0 Å². The van der Waals surface area contributed by atoms with Crippen LogP contribution in [0.1, 0.15) is 13.8 Å². The molecule has 0 aliphatic rings. The highest BCUT2D eigenvalue weighted by molar-refractivity contribution is 6.18. The Morgan fingerprint density at radius 3 is 2.16 bits per heavy atom. The molecule has 0 fully saturated rings. The second kappa shape index (κ2) is 6.32. The average molecular weight is 326 g/mol. The Morgan fingerprint density at radius 2 is 1.36 bits per heavy atom. The minimum Gasteiger partial charge on any atom is -0.277 e. The molecule has 25 heavy (non-hydrogen) atoms. The molecule has 0 amide bonds. The van der Waals surface area contributed by atoms with Gasteiger partial charge in [0.05, 0.1) is 11.0 Å². The highest BCUT2D eigenvalue weighted by Gasteiger charge is 2.15. The van der Waals surface area contributed by atoms with Crippen molar-refractivity contribution in [2.24, 2.45) is 0 Å². The number of fused-ring (bicyclic) bond motifs is 5. The van der Waals surface area contributed by atoms with Gasteiger partial charge in [-0.15, -0.1) is 0 Å². The zero-order valence-corrected chi connectivity index (χ0v) is 14.2. The molecule has 122 valence electrons. The number of para-hydroxylation sites is 1. The first-order valence-corrected chi connectivity index (χ1v) is 8.47. The molecule has 3 aromatic carbocycles. The van der Waals surface area contributed by atoms with Crippen molar-refractivity contribution in [2.45, 2.75) is 13.8 Å². The second-order valence-corrected chi connectivity index (χ2v) is 5.47. The van der Waals surface area contributed by atoms with Crippen molar-refractivity contribution in [3.05, 3.63) is 73.3 Å². The predicted octanol–water partition coefficient (Wildman–Crippen LogP) is 5.15. The van der Waals surface area contributed by atoms with Crippen LogP contribution in [0.4, 0.5) is 0 Å². The average Bonchev–Trinajstić information content (AvgIpc) is 3.05.